The molecule has 198 valence electrons. The summed E-state index contributed by atoms with van der Waals surface area (Å²) in [4.78, 5) is 49.6. The fraction of sp³-hybridized carbons (Fsp3) is 0.583. The van der Waals surface area contributed by atoms with Gasteiger partial charge in [-0.1, -0.05) is 20.8 Å². The summed E-state index contributed by atoms with van der Waals surface area (Å²) in [6.45, 7) is 6.12. The number of hydrogen-bond acceptors (Lipinski definition) is 9. The van der Waals surface area contributed by atoms with E-state index in [-0.39, 0.29) is 36.2 Å². The molecule has 0 spiro atoms. The summed E-state index contributed by atoms with van der Waals surface area (Å²) in [5, 5.41) is 2.68. The van der Waals surface area contributed by atoms with Gasteiger partial charge in [0.25, 0.3) is 10.0 Å². The molecule has 1 N–H and O–H groups in total. The first kappa shape index (κ1) is 28.1. The van der Waals surface area contributed by atoms with E-state index >= 15 is 0 Å². The summed E-state index contributed by atoms with van der Waals surface area (Å²) >= 11 is 1.42. The van der Waals surface area contributed by atoms with E-state index in [1.54, 1.807) is 6.92 Å². The van der Waals surface area contributed by atoms with Gasteiger partial charge in [-0.15, -0.1) is 0 Å². The monoisotopic (exact) mass is 540 g/mol. The summed E-state index contributed by atoms with van der Waals surface area (Å²) < 4.78 is 37.4. The van der Waals surface area contributed by atoms with Crippen molar-refractivity contribution in [3.8, 4) is 0 Å². The maximum absolute atomic E-state index is 13.3. The Balaban J connectivity index is 1.56. The molecule has 1 heterocycles. The molecule has 12 heteroatoms. The molecule has 3 amide bonds. The standard InChI is InChI=1S/C24H32N2O8S2/c1-23(2)18-9-10-24(23,3)22(30)26(20(18)28)36(31,32)17-7-5-16(6-8-17)21(29)34-14-13-33-12-11-25-19(27)15-35-4/h5-8,18H,9-15H2,1-4H3,(H,25,27). The van der Waals surface area contributed by atoms with Crippen LogP contribution >= 0.6 is 11.8 Å². The van der Waals surface area contributed by atoms with Crippen LogP contribution in [0.15, 0.2) is 29.2 Å². The fourth-order valence-electron chi connectivity index (χ4n) is 4.70. The number of piperidine rings is 1. The van der Waals surface area contributed by atoms with Gasteiger partial charge in [0.05, 0.1) is 34.8 Å². The average Bonchev–Trinajstić information content (AvgIpc) is 3.00. The molecule has 2 atom stereocenters. The first-order valence-corrected chi connectivity index (χ1v) is 14.5. The molecule has 36 heavy (non-hydrogen) atoms. The van der Waals surface area contributed by atoms with Crippen LogP contribution in [0.4, 0.5) is 0 Å². The summed E-state index contributed by atoms with van der Waals surface area (Å²) in [5.74, 6) is -2.35. The number of thioether (sulfide) groups is 1. The fourth-order valence-corrected chi connectivity index (χ4v) is 6.54. The van der Waals surface area contributed by atoms with Crippen LogP contribution in [0.3, 0.4) is 0 Å². The second-order valence-electron chi connectivity index (χ2n) is 9.61. The Kier molecular flexibility index (Phi) is 8.51. The lowest BCUT2D eigenvalue weighted by molar-refractivity contribution is -0.160. The molecule has 3 rings (SSSR count). The molecular formula is C24H32N2O8S2. The number of benzene rings is 1. The van der Waals surface area contributed by atoms with Crippen LogP contribution in [-0.4, -0.2) is 74.8 Å². The zero-order chi connectivity index (χ0) is 26.7. The van der Waals surface area contributed by atoms with Crippen LogP contribution in [0.2, 0.25) is 0 Å². The zero-order valence-corrected chi connectivity index (χ0v) is 22.5. The van der Waals surface area contributed by atoms with Crippen LogP contribution in [0.5, 0.6) is 0 Å². The van der Waals surface area contributed by atoms with Crippen LogP contribution in [0.1, 0.15) is 44.0 Å². The second-order valence-corrected chi connectivity index (χ2v) is 12.3. The Hall–Kier alpha value is -2.44. The quantitative estimate of drug-likeness (QED) is 0.253. The van der Waals surface area contributed by atoms with Gasteiger partial charge in [-0.3, -0.25) is 14.4 Å². The Labute approximate surface area is 215 Å². The molecule has 0 aromatic heterocycles. The molecule has 2 aliphatic rings. The van der Waals surface area contributed by atoms with Crippen molar-refractivity contribution in [2.45, 2.75) is 38.5 Å². The van der Waals surface area contributed by atoms with Gasteiger partial charge in [0, 0.05) is 12.5 Å². The highest BCUT2D eigenvalue weighted by Gasteiger charge is 2.66. The zero-order valence-electron chi connectivity index (χ0n) is 20.9. The number of carbonyl (C=O) groups excluding carboxylic acids is 4. The van der Waals surface area contributed by atoms with Crippen LogP contribution < -0.4 is 5.32 Å². The number of fused-ring (bicyclic) bond motifs is 2. The molecule has 1 aromatic rings. The van der Waals surface area contributed by atoms with Crippen molar-refractivity contribution in [2.75, 3.05) is 38.4 Å². The third kappa shape index (κ3) is 5.16. The van der Waals surface area contributed by atoms with Crippen molar-refractivity contribution >= 4 is 45.5 Å². The normalized spacial score (nSPS) is 23.0. The van der Waals surface area contributed by atoms with Gasteiger partial charge in [0.15, 0.2) is 0 Å². The van der Waals surface area contributed by atoms with E-state index < -0.39 is 44.6 Å². The molecule has 1 saturated carbocycles. The predicted molar refractivity (Wildman–Crippen MR) is 133 cm³/mol. The molecule has 2 unspecified atom stereocenters. The number of sulfonamides is 1. The van der Waals surface area contributed by atoms with E-state index in [1.165, 1.54) is 36.0 Å². The second kappa shape index (κ2) is 10.9. The smallest absolute Gasteiger partial charge is 0.338 e. The van der Waals surface area contributed by atoms with Gasteiger partial charge in [0.2, 0.25) is 17.7 Å². The summed E-state index contributed by atoms with van der Waals surface area (Å²) in [6.07, 6.45) is 2.74. The summed E-state index contributed by atoms with van der Waals surface area (Å²) in [6, 6.07) is 4.92. The number of esters is 1. The molecule has 10 nitrogen and oxygen atoms in total. The molecule has 1 aliphatic heterocycles. The molecule has 1 aromatic carbocycles. The average molecular weight is 541 g/mol. The lowest BCUT2D eigenvalue weighted by atomic mass is 9.63. The minimum Gasteiger partial charge on any atom is -0.460 e. The number of ether oxygens (including phenoxy) is 2. The van der Waals surface area contributed by atoms with Crippen molar-refractivity contribution in [1.82, 2.24) is 9.62 Å². The highest BCUT2D eigenvalue weighted by molar-refractivity contribution is 7.99. The van der Waals surface area contributed by atoms with Gasteiger partial charge in [-0.25, -0.2) is 13.2 Å². The van der Waals surface area contributed by atoms with Gasteiger partial charge in [0.1, 0.15) is 6.61 Å². The number of rotatable bonds is 11. The number of imide groups is 1. The van der Waals surface area contributed by atoms with Crippen LogP contribution in [-0.2, 0) is 33.9 Å². The van der Waals surface area contributed by atoms with Crippen molar-refractivity contribution in [3.63, 3.8) is 0 Å². The largest absolute Gasteiger partial charge is 0.460 e. The van der Waals surface area contributed by atoms with E-state index in [0.29, 0.717) is 29.4 Å². The van der Waals surface area contributed by atoms with Gasteiger partial charge in [-0.2, -0.15) is 16.1 Å². The van der Waals surface area contributed by atoms with E-state index in [0.717, 1.165) is 0 Å². The Morgan fingerprint density at radius 3 is 2.42 bits per heavy atom. The van der Waals surface area contributed by atoms with E-state index in [1.807, 2.05) is 20.1 Å². The number of hydrogen-bond donors (Lipinski definition) is 1. The molecule has 2 bridgehead atoms. The van der Waals surface area contributed by atoms with Gasteiger partial charge >= 0.3 is 5.97 Å². The van der Waals surface area contributed by atoms with Crippen molar-refractivity contribution in [2.24, 2.45) is 16.7 Å². The third-order valence-electron chi connectivity index (χ3n) is 7.31. The SMILES string of the molecule is CSCC(=O)NCCOCCOC(=O)c1ccc(S(=O)(=O)N2C(=O)C3CCC(C)(C2=O)C3(C)C)cc1. The Bertz CT molecular complexity index is 1130. The van der Waals surface area contributed by atoms with E-state index in [2.05, 4.69) is 5.32 Å². The Morgan fingerprint density at radius 1 is 1.11 bits per heavy atom. The predicted octanol–water partition coefficient (Wildman–Crippen LogP) is 1.84. The maximum atomic E-state index is 13.3. The van der Waals surface area contributed by atoms with Crippen molar-refractivity contribution in [1.29, 1.82) is 0 Å². The van der Waals surface area contributed by atoms with Gasteiger partial charge < -0.3 is 14.8 Å². The topological polar surface area (TPSA) is 136 Å². The molecular weight excluding hydrogens is 508 g/mol. The highest BCUT2D eigenvalue weighted by Crippen LogP contribution is 2.60. The molecule has 2 fully saturated rings. The molecule has 1 aliphatic carbocycles. The van der Waals surface area contributed by atoms with Crippen molar-refractivity contribution < 1.29 is 37.1 Å². The molecule has 1 saturated heterocycles. The minimum absolute atomic E-state index is 0.0236. The summed E-state index contributed by atoms with van der Waals surface area (Å²) in [5.41, 5.74) is -1.47. The first-order valence-electron chi connectivity index (χ1n) is 11.6. The van der Waals surface area contributed by atoms with Gasteiger partial charge in [-0.05, 0) is 48.8 Å². The van der Waals surface area contributed by atoms with Crippen molar-refractivity contribution in [3.05, 3.63) is 29.8 Å². The number of nitrogens with one attached hydrogen (secondary N) is 1. The van der Waals surface area contributed by atoms with E-state index in [4.69, 9.17) is 9.47 Å². The lowest BCUT2D eigenvalue weighted by Gasteiger charge is -2.46. The van der Waals surface area contributed by atoms with E-state index in [9.17, 15) is 27.6 Å². The van der Waals surface area contributed by atoms with Crippen LogP contribution in [0.25, 0.3) is 0 Å². The maximum Gasteiger partial charge on any atom is 0.338 e. The minimum atomic E-state index is -4.43. The first-order chi connectivity index (χ1) is 16.9. The number of nitrogens with zero attached hydrogens (tertiary/aromatic N) is 1. The highest BCUT2D eigenvalue weighted by atomic mass is 32.2. The summed E-state index contributed by atoms with van der Waals surface area (Å²) in [7, 11) is -4.43. The third-order valence-corrected chi connectivity index (χ3v) is 9.56. The Morgan fingerprint density at radius 2 is 1.78 bits per heavy atom. The number of amides is 3. The van der Waals surface area contributed by atoms with Crippen LogP contribution in [0, 0.1) is 16.7 Å². The molecule has 0 radical (unpaired) electrons. The number of carbonyl (C=O) groups is 4. The lowest BCUT2D eigenvalue weighted by Crippen LogP contribution is -2.60.